The van der Waals surface area contributed by atoms with Gasteiger partial charge in [0.15, 0.2) is 0 Å². The molecule has 0 heterocycles. The Kier molecular flexibility index (Phi) is 7.16. The van der Waals surface area contributed by atoms with Crippen molar-refractivity contribution in [1.82, 2.24) is 0 Å². The fraction of sp³-hybridized carbons (Fsp3) is 1.00. The van der Waals surface area contributed by atoms with Crippen molar-refractivity contribution in [2.45, 2.75) is 118 Å². The molecular formula is C27H50O2. The quantitative estimate of drug-likeness (QED) is 0.463. The van der Waals surface area contributed by atoms with Crippen molar-refractivity contribution in [3.8, 4) is 0 Å². The normalized spacial score (nSPS) is 43.7. The molecule has 0 spiro atoms. The second kappa shape index (κ2) is 8.81. The average molecular weight is 407 g/mol. The van der Waals surface area contributed by atoms with Crippen LogP contribution < -0.4 is 0 Å². The van der Waals surface area contributed by atoms with Crippen molar-refractivity contribution >= 4 is 0 Å². The van der Waals surface area contributed by atoms with E-state index in [0.717, 1.165) is 54.8 Å². The summed E-state index contributed by atoms with van der Waals surface area (Å²) < 4.78 is 0. The second-order valence-corrected chi connectivity index (χ2v) is 12.4. The van der Waals surface area contributed by atoms with Crippen LogP contribution in [-0.2, 0) is 0 Å². The first-order valence-corrected chi connectivity index (χ1v) is 12.9. The van der Waals surface area contributed by atoms with Gasteiger partial charge in [-0.25, -0.2) is 0 Å². The molecule has 0 aromatic heterocycles. The topological polar surface area (TPSA) is 40.5 Å². The van der Waals surface area contributed by atoms with E-state index in [2.05, 4.69) is 27.7 Å². The van der Waals surface area contributed by atoms with E-state index in [-0.39, 0.29) is 0 Å². The third-order valence-corrected chi connectivity index (χ3v) is 10.4. The molecule has 2 nitrogen and oxygen atoms in total. The van der Waals surface area contributed by atoms with Crippen LogP contribution in [0, 0.1) is 46.3 Å². The number of hydrogen-bond acceptors (Lipinski definition) is 2. The molecule has 3 aliphatic carbocycles. The van der Waals surface area contributed by atoms with E-state index in [4.69, 9.17) is 0 Å². The molecule has 0 aromatic carbocycles. The molecule has 8 atom stereocenters. The Balaban J connectivity index is 1.76. The molecule has 0 saturated heterocycles. The summed E-state index contributed by atoms with van der Waals surface area (Å²) in [4.78, 5) is 0. The molecule has 0 bridgehead atoms. The summed E-state index contributed by atoms with van der Waals surface area (Å²) in [6.45, 7) is 14.4. The van der Waals surface area contributed by atoms with Crippen LogP contribution in [-0.4, -0.2) is 22.4 Å². The summed E-state index contributed by atoms with van der Waals surface area (Å²) in [5.41, 5.74) is 0.418. The Morgan fingerprint density at radius 3 is 2.38 bits per heavy atom. The molecule has 3 saturated carbocycles. The van der Waals surface area contributed by atoms with Gasteiger partial charge in [-0.2, -0.15) is 0 Å². The van der Waals surface area contributed by atoms with Gasteiger partial charge in [-0.15, -0.1) is 0 Å². The van der Waals surface area contributed by atoms with Crippen molar-refractivity contribution in [3.63, 3.8) is 0 Å². The summed E-state index contributed by atoms with van der Waals surface area (Å²) in [7, 11) is 0. The number of fused-ring (bicyclic) bond motifs is 3. The first kappa shape index (κ1) is 23.6. The van der Waals surface area contributed by atoms with Gasteiger partial charge in [0, 0.05) is 6.61 Å². The van der Waals surface area contributed by atoms with Crippen LogP contribution in [0.25, 0.3) is 0 Å². The van der Waals surface area contributed by atoms with E-state index in [1.807, 2.05) is 13.8 Å². The van der Waals surface area contributed by atoms with E-state index in [1.165, 1.54) is 51.4 Å². The zero-order chi connectivity index (χ0) is 21.4. The third kappa shape index (κ3) is 4.45. The van der Waals surface area contributed by atoms with E-state index < -0.39 is 5.60 Å². The fourth-order valence-electron chi connectivity index (χ4n) is 8.81. The number of aliphatic hydroxyl groups is 2. The minimum Gasteiger partial charge on any atom is -0.396 e. The maximum Gasteiger partial charge on any atom is 0.0591 e. The van der Waals surface area contributed by atoms with Crippen LogP contribution in [0.1, 0.15) is 112 Å². The summed E-state index contributed by atoms with van der Waals surface area (Å²) in [5, 5.41) is 19.8. The van der Waals surface area contributed by atoms with E-state index >= 15 is 0 Å². The highest BCUT2D eigenvalue weighted by atomic mass is 16.3. The average Bonchev–Trinajstić information content (AvgIpc) is 3.01. The molecule has 0 radical (unpaired) electrons. The van der Waals surface area contributed by atoms with Crippen LogP contribution in [0.5, 0.6) is 0 Å². The number of hydrogen-bond donors (Lipinski definition) is 2. The molecule has 3 fully saturated rings. The monoisotopic (exact) mass is 406 g/mol. The van der Waals surface area contributed by atoms with Gasteiger partial charge in [0.1, 0.15) is 0 Å². The lowest BCUT2D eigenvalue weighted by Crippen LogP contribution is -2.52. The van der Waals surface area contributed by atoms with Crippen LogP contribution >= 0.6 is 0 Å². The van der Waals surface area contributed by atoms with Crippen molar-refractivity contribution in [2.75, 3.05) is 6.61 Å². The highest BCUT2D eigenvalue weighted by Gasteiger charge is 2.59. The number of rotatable bonds is 8. The van der Waals surface area contributed by atoms with Crippen molar-refractivity contribution < 1.29 is 10.2 Å². The third-order valence-electron chi connectivity index (χ3n) is 10.4. The molecule has 0 amide bonds. The maximum atomic E-state index is 10.2. The fourth-order valence-corrected chi connectivity index (χ4v) is 8.81. The molecule has 2 N–H and O–H groups in total. The lowest BCUT2D eigenvalue weighted by Gasteiger charge is -2.59. The zero-order valence-corrected chi connectivity index (χ0v) is 20.3. The molecule has 3 rings (SSSR count). The maximum absolute atomic E-state index is 10.2. The molecule has 0 aromatic rings. The first-order chi connectivity index (χ1) is 13.6. The van der Waals surface area contributed by atoms with Gasteiger partial charge in [0.05, 0.1) is 5.60 Å². The Hall–Kier alpha value is -0.0800. The Bertz CT molecular complexity index is 537. The summed E-state index contributed by atoms with van der Waals surface area (Å²) in [6.07, 6.45) is 14.1. The van der Waals surface area contributed by atoms with Gasteiger partial charge < -0.3 is 10.2 Å². The summed E-state index contributed by atoms with van der Waals surface area (Å²) in [5.74, 6) is 5.09. The van der Waals surface area contributed by atoms with Crippen molar-refractivity contribution in [1.29, 1.82) is 0 Å². The van der Waals surface area contributed by atoms with Gasteiger partial charge in [0.2, 0.25) is 0 Å². The zero-order valence-electron chi connectivity index (χ0n) is 20.3. The Morgan fingerprint density at radius 2 is 1.76 bits per heavy atom. The predicted octanol–water partition coefficient (Wildman–Crippen LogP) is 6.83. The highest BCUT2D eigenvalue weighted by molar-refractivity contribution is 5.08. The smallest absolute Gasteiger partial charge is 0.0591 e. The molecule has 2 heteroatoms. The molecule has 7 unspecified atom stereocenters. The summed E-state index contributed by atoms with van der Waals surface area (Å²) >= 11 is 0. The predicted molar refractivity (Wildman–Crippen MR) is 123 cm³/mol. The van der Waals surface area contributed by atoms with Gasteiger partial charge in [-0.1, -0.05) is 34.1 Å². The molecule has 3 aliphatic rings. The van der Waals surface area contributed by atoms with E-state index in [1.54, 1.807) is 0 Å². The van der Waals surface area contributed by atoms with Crippen LogP contribution in [0.3, 0.4) is 0 Å². The van der Waals surface area contributed by atoms with E-state index in [9.17, 15) is 10.2 Å². The second-order valence-electron chi connectivity index (χ2n) is 12.4. The van der Waals surface area contributed by atoms with Gasteiger partial charge in [-0.3, -0.25) is 0 Å². The standard InChI is InChI=1S/C27H50O2/c1-7-20-9-10-21-23-12-11-22(19(2)13-16-25(3,4)29)27(23,6)17-14-24(21)26(20,5)15-8-18-28/h19-24,28-29H,7-18H2,1-6H3/t19-,20?,21?,22?,23?,24?,26?,27?/m1/s1. The molecule has 0 aliphatic heterocycles. The van der Waals surface area contributed by atoms with Gasteiger partial charge in [0.25, 0.3) is 0 Å². The van der Waals surface area contributed by atoms with Crippen LogP contribution in [0.4, 0.5) is 0 Å². The number of aliphatic hydroxyl groups excluding tert-OH is 1. The molecule has 29 heavy (non-hydrogen) atoms. The Labute approximate surface area is 181 Å². The SMILES string of the molecule is CCC1CCC2C(CCC3(C)C2CCC3[C@H](C)CCC(C)(C)O)C1(C)CCCO. The first-order valence-electron chi connectivity index (χ1n) is 12.9. The van der Waals surface area contributed by atoms with Gasteiger partial charge >= 0.3 is 0 Å². The lowest BCUT2D eigenvalue weighted by molar-refractivity contribution is -0.106. The van der Waals surface area contributed by atoms with Crippen molar-refractivity contribution in [2.24, 2.45) is 46.3 Å². The highest BCUT2D eigenvalue weighted by Crippen LogP contribution is 2.67. The molecule has 170 valence electrons. The van der Waals surface area contributed by atoms with Crippen LogP contribution in [0.15, 0.2) is 0 Å². The largest absolute Gasteiger partial charge is 0.396 e. The Morgan fingerprint density at radius 1 is 1.03 bits per heavy atom. The minimum absolute atomic E-state index is 0.353. The van der Waals surface area contributed by atoms with Crippen LogP contribution in [0.2, 0.25) is 0 Å². The lowest BCUT2D eigenvalue weighted by atomic mass is 9.45. The van der Waals surface area contributed by atoms with Crippen molar-refractivity contribution in [3.05, 3.63) is 0 Å². The molecular weight excluding hydrogens is 356 g/mol. The summed E-state index contributed by atoms with van der Waals surface area (Å²) in [6, 6.07) is 0. The van der Waals surface area contributed by atoms with E-state index in [0.29, 0.717) is 17.4 Å². The van der Waals surface area contributed by atoms with Gasteiger partial charge in [-0.05, 0) is 124 Å². The minimum atomic E-state index is -0.530.